The second-order valence-corrected chi connectivity index (χ2v) is 9.29. The van der Waals surface area contributed by atoms with E-state index in [2.05, 4.69) is 17.1 Å². The van der Waals surface area contributed by atoms with E-state index in [1.54, 1.807) is 24.3 Å². The van der Waals surface area contributed by atoms with Crippen molar-refractivity contribution in [1.82, 2.24) is 14.5 Å². The van der Waals surface area contributed by atoms with Crippen molar-refractivity contribution in [2.75, 3.05) is 32.0 Å². The Morgan fingerprint density at radius 3 is 2.56 bits per heavy atom. The first-order valence-electron chi connectivity index (χ1n) is 8.98. The molecule has 1 saturated heterocycles. The first-order chi connectivity index (χ1) is 13.0. The summed E-state index contributed by atoms with van der Waals surface area (Å²) >= 11 is 1.47. The molecule has 1 fully saturated rings. The van der Waals surface area contributed by atoms with E-state index in [-0.39, 0.29) is 0 Å². The second kappa shape index (κ2) is 9.01. The van der Waals surface area contributed by atoms with Gasteiger partial charge in [0.2, 0.25) is 10.0 Å². The van der Waals surface area contributed by atoms with Gasteiger partial charge < -0.3 is 10.5 Å². The highest BCUT2D eigenvalue weighted by molar-refractivity contribution is 7.99. The summed E-state index contributed by atoms with van der Waals surface area (Å²) in [5, 5.41) is 8.98. The SMILES string of the molecule is CCCCc1cc(N)nnc1Sc1ccc(S(=O)(=O)N2CCOCC2)cc1. The number of rotatable bonds is 7. The van der Waals surface area contributed by atoms with Crippen molar-refractivity contribution in [1.29, 1.82) is 0 Å². The number of aromatic nitrogens is 2. The maximum Gasteiger partial charge on any atom is 0.243 e. The molecule has 1 aromatic heterocycles. The average Bonchev–Trinajstić information content (AvgIpc) is 2.69. The first-order valence-corrected chi connectivity index (χ1v) is 11.2. The number of ether oxygens (including phenoxy) is 1. The van der Waals surface area contributed by atoms with Crippen LogP contribution >= 0.6 is 11.8 Å². The number of morpholine rings is 1. The minimum absolute atomic E-state index is 0.295. The Bertz CT molecular complexity index is 867. The van der Waals surface area contributed by atoms with E-state index >= 15 is 0 Å². The summed E-state index contributed by atoms with van der Waals surface area (Å²) < 4.78 is 32.1. The average molecular weight is 409 g/mol. The second-order valence-electron chi connectivity index (χ2n) is 6.29. The predicted molar refractivity (Wildman–Crippen MR) is 105 cm³/mol. The molecule has 7 nitrogen and oxygen atoms in total. The summed E-state index contributed by atoms with van der Waals surface area (Å²) in [6, 6.07) is 8.76. The van der Waals surface area contributed by atoms with Crippen LogP contribution in [0.1, 0.15) is 25.3 Å². The van der Waals surface area contributed by atoms with Gasteiger partial charge in [0.05, 0.1) is 18.1 Å². The molecule has 0 bridgehead atoms. The van der Waals surface area contributed by atoms with Crippen molar-refractivity contribution < 1.29 is 13.2 Å². The third kappa shape index (κ3) is 4.98. The quantitative estimate of drug-likeness (QED) is 0.752. The molecule has 9 heteroatoms. The molecule has 27 heavy (non-hydrogen) atoms. The third-order valence-electron chi connectivity index (χ3n) is 4.30. The maximum absolute atomic E-state index is 12.7. The molecule has 2 aromatic rings. The molecule has 0 unspecified atom stereocenters. The molecule has 1 aromatic carbocycles. The van der Waals surface area contributed by atoms with Gasteiger partial charge >= 0.3 is 0 Å². The monoisotopic (exact) mass is 408 g/mol. The smallest absolute Gasteiger partial charge is 0.243 e. The Labute approximate surface area is 164 Å². The lowest BCUT2D eigenvalue weighted by Gasteiger charge is -2.26. The summed E-state index contributed by atoms with van der Waals surface area (Å²) in [5.74, 6) is 0.414. The summed E-state index contributed by atoms with van der Waals surface area (Å²) in [6.45, 7) is 3.78. The fourth-order valence-electron chi connectivity index (χ4n) is 2.80. The zero-order valence-electron chi connectivity index (χ0n) is 15.3. The number of hydrogen-bond donors (Lipinski definition) is 1. The minimum atomic E-state index is -3.48. The van der Waals surface area contributed by atoms with Gasteiger partial charge in [0, 0.05) is 18.0 Å². The van der Waals surface area contributed by atoms with Crippen LogP contribution in [0.4, 0.5) is 5.82 Å². The molecule has 146 valence electrons. The summed E-state index contributed by atoms with van der Waals surface area (Å²) in [4.78, 5) is 1.20. The molecule has 0 amide bonds. The zero-order valence-corrected chi connectivity index (χ0v) is 16.9. The van der Waals surface area contributed by atoms with Crippen LogP contribution in [-0.2, 0) is 21.2 Å². The van der Waals surface area contributed by atoms with Gasteiger partial charge in [-0.1, -0.05) is 25.1 Å². The van der Waals surface area contributed by atoms with Crippen LogP contribution in [0.3, 0.4) is 0 Å². The number of hydrogen-bond acceptors (Lipinski definition) is 7. The molecule has 0 aliphatic carbocycles. The van der Waals surface area contributed by atoms with Crippen LogP contribution < -0.4 is 5.73 Å². The molecule has 0 radical (unpaired) electrons. The van der Waals surface area contributed by atoms with Crippen molar-refractivity contribution in [2.24, 2.45) is 0 Å². The molecule has 0 atom stereocenters. The van der Waals surface area contributed by atoms with Crippen LogP contribution in [0.25, 0.3) is 0 Å². The molecule has 0 spiro atoms. The molecular weight excluding hydrogens is 384 g/mol. The Hall–Kier alpha value is -1.68. The predicted octanol–water partition coefficient (Wildman–Crippen LogP) is 2.57. The van der Waals surface area contributed by atoms with Gasteiger partial charge in [0.25, 0.3) is 0 Å². The van der Waals surface area contributed by atoms with Crippen molar-refractivity contribution >= 4 is 27.6 Å². The van der Waals surface area contributed by atoms with E-state index in [1.165, 1.54) is 16.1 Å². The minimum Gasteiger partial charge on any atom is -0.382 e. The van der Waals surface area contributed by atoms with Gasteiger partial charge in [0.15, 0.2) is 0 Å². The molecule has 1 aliphatic rings. The normalized spacial score (nSPS) is 15.7. The number of anilines is 1. The van der Waals surface area contributed by atoms with Gasteiger partial charge in [-0.2, -0.15) is 4.31 Å². The fourth-order valence-corrected chi connectivity index (χ4v) is 5.07. The Morgan fingerprint density at radius 2 is 1.89 bits per heavy atom. The lowest BCUT2D eigenvalue weighted by Crippen LogP contribution is -2.40. The number of nitrogens with zero attached hydrogens (tertiary/aromatic N) is 3. The largest absolute Gasteiger partial charge is 0.382 e. The fraction of sp³-hybridized carbons (Fsp3) is 0.444. The van der Waals surface area contributed by atoms with Crippen molar-refractivity contribution in [3.63, 3.8) is 0 Å². The molecule has 1 aliphatic heterocycles. The van der Waals surface area contributed by atoms with E-state index in [0.29, 0.717) is 37.0 Å². The van der Waals surface area contributed by atoms with Crippen LogP contribution in [-0.4, -0.2) is 49.2 Å². The van der Waals surface area contributed by atoms with Crippen molar-refractivity contribution in [3.05, 3.63) is 35.9 Å². The number of benzene rings is 1. The maximum atomic E-state index is 12.7. The van der Waals surface area contributed by atoms with E-state index < -0.39 is 10.0 Å². The van der Waals surface area contributed by atoms with E-state index in [9.17, 15) is 8.42 Å². The topological polar surface area (TPSA) is 98.4 Å². The lowest BCUT2D eigenvalue weighted by molar-refractivity contribution is 0.0730. The van der Waals surface area contributed by atoms with Crippen LogP contribution in [0.2, 0.25) is 0 Å². The van der Waals surface area contributed by atoms with Gasteiger partial charge in [-0.3, -0.25) is 0 Å². The van der Waals surface area contributed by atoms with E-state index in [4.69, 9.17) is 10.5 Å². The third-order valence-corrected chi connectivity index (χ3v) is 7.26. The highest BCUT2D eigenvalue weighted by Gasteiger charge is 2.26. The molecular formula is C18H24N4O3S2. The Kier molecular flexibility index (Phi) is 6.69. The van der Waals surface area contributed by atoms with Gasteiger partial charge in [-0.25, -0.2) is 8.42 Å². The Balaban J connectivity index is 1.76. The van der Waals surface area contributed by atoms with Gasteiger partial charge in [0.1, 0.15) is 10.8 Å². The molecule has 2 N–H and O–H groups in total. The number of nitrogens with two attached hydrogens (primary N) is 1. The van der Waals surface area contributed by atoms with Crippen LogP contribution in [0.5, 0.6) is 0 Å². The van der Waals surface area contributed by atoms with Crippen LogP contribution in [0.15, 0.2) is 45.1 Å². The van der Waals surface area contributed by atoms with E-state index in [1.807, 2.05) is 6.07 Å². The molecule has 0 saturated carbocycles. The number of nitrogen functional groups attached to an aromatic ring is 1. The number of unbranched alkanes of at least 4 members (excludes halogenated alkanes) is 1. The zero-order chi connectivity index (χ0) is 19.3. The lowest BCUT2D eigenvalue weighted by atomic mass is 10.1. The first kappa shape index (κ1) is 20.1. The number of aryl methyl sites for hydroxylation is 1. The van der Waals surface area contributed by atoms with Crippen molar-refractivity contribution in [2.45, 2.75) is 41.0 Å². The Morgan fingerprint density at radius 1 is 1.19 bits per heavy atom. The summed E-state index contributed by atoms with van der Waals surface area (Å²) in [6.07, 6.45) is 3.03. The molecule has 2 heterocycles. The van der Waals surface area contributed by atoms with Crippen molar-refractivity contribution in [3.8, 4) is 0 Å². The standard InChI is InChI=1S/C18H24N4O3S2/c1-2-3-4-14-13-17(19)20-21-18(14)26-15-5-7-16(8-6-15)27(23,24)22-9-11-25-12-10-22/h5-8,13H,2-4,9-12H2,1H3,(H2,19,20). The van der Waals surface area contributed by atoms with Gasteiger partial charge in [-0.15, -0.1) is 10.2 Å². The van der Waals surface area contributed by atoms with Crippen LogP contribution in [0, 0.1) is 0 Å². The van der Waals surface area contributed by atoms with Gasteiger partial charge in [-0.05, 0) is 48.7 Å². The highest BCUT2D eigenvalue weighted by atomic mass is 32.2. The number of sulfonamides is 1. The highest BCUT2D eigenvalue weighted by Crippen LogP contribution is 2.31. The summed E-state index contributed by atoms with van der Waals surface area (Å²) in [5.41, 5.74) is 6.84. The van der Waals surface area contributed by atoms with E-state index in [0.717, 1.165) is 34.7 Å². The molecule has 3 rings (SSSR count). The summed E-state index contributed by atoms with van der Waals surface area (Å²) in [7, 11) is -3.48.